The molecule has 0 spiro atoms. The van der Waals surface area contributed by atoms with E-state index >= 15 is 4.39 Å². The maximum absolute atomic E-state index is 15.5. The molecule has 12 nitrogen and oxygen atoms in total. The summed E-state index contributed by atoms with van der Waals surface area (Å²) < 4.78 is 102. The van der Waals surface area contributed by atoms with Gasteiger partial charge in [-0.25, -0.2) is 40.3 Å². The molecule has 8 rings (SSSR count). The van der Waals surface area contributed by atoms with E-state index in [-0.39, 0.29) is 65.0 Å². The van der Waals surface area contributed by atoms with Crippen LogP contribution in [0.3, 0.4) is 0 Å². The van der Waals surface area contributed by atoms with Gasteiger partial charge in [0.1, 0.15) is 23.5 Å². The fraction of sp³-hybridized carbons (Fsp3) is 0.429. The lowest BCUT2D eigenvalue weighted by atomic mass is 9.94. The van der Waals surface area contributed by atoms with Crippen molar-refractivity contribution in [2.24, 2.45) is 11.7 Å². The van der Waals surface area contributed by atoms with Crippen molar-refractivity contribution >= 4 is 63.2 Å². The third-order valence-electron chi connectivity index (χ3n) is 11.0. The Balaban J connectivity index is 0.000000196. The third-order valence-corrected chi connectivity index (χ3v) is 11.0. The van der Waals surface area contributed by atoms with Crippen molar-refractivity contribution < 1.29 is 50.5 Å². The van der Waals surface area contributed by atoms with E-state index in [1.54, 1.807) is 0 Å². The maximum atomic E-state index is 15.5. The number of nitrogens with zero attached hydrogens (tertiary/aromatic N) is 3. The molecule has 2 aromatic heterocycles. The molecular formula is C35H34ClF7N6O6. The standard InChI is InChI=1S/C21H22F4N4O3.C14H11F3N2O3.ClH/c1-8-16-13(18(30)9(19(31)32)5-29(16)11-4-10(11)22)15(26)14(23)17(8)28-6-12(20(27)2-3-20)21(24,25)7-28;1-4-9(16)10(17)11(18)8-12(4)19(7-2-6(7)15)3-5(13(8)20)14(21)22;/h5,10-12H,2-4,6-7,26-27H2,1H3,(H,31,32);3,6-7H,2,18H2,1H3,(H,21,22);1H/t10-,11+,12+;6-,7+;/m00./s1. The summed E-state index contributed by atoms with van der Waals surface area (Å²) in [4.78, 5) is 49.0. The molecule has 0 unspecified atom stereocenters. The predicted molar refractivity (Wildman–Crippen MR) is 190 cm³/mol. The van der Waals surface area contributed by atoms with Gasteiger partial charge < -0.3 is 41.4 Å². The van der Waals surface area contributed by atoms with E-state index in [9.17, 15) is 50.6 Å². The summed E-state index contributed by atoms with van der Waals surface area (Å²) in [5.41, 5.74) is 11.4. The van der Waals surface area contributed by atoms with E-state index in [0.717, 1.165) is 12.4 Å². The van der Waals surface area contributed by atoms with Gasteiger partial charge in [0, 0.05) is 42.9 Å². The first-order valence-electron chi connectivity index (χ1n) is 16.8. The van der Waals surface area contributed by atoms with Crippen molar-refractivity contribution in [2.45, 2.75) is 75.4 Å². The van der Waals surface area contributed by atoms with E-state index in [1.807, 2.05) is 0 Å². The molecular weight excluding hydrogens is 769 g/mol. The molecule has 2 aromatic carbocycles. The van der Waals surface area contributed by atoms with Crippen LogP contribution in [-0.4, -0.2) is 68.2 Å². The van der Waals surface area contributed by atoms with Crippen molar-refractivity contribution in [1.29, 1.82) is 0 Å². The molecule has 3 saturated carbocycles. The number of aryl methyl sites for hydroxylation is 2. The third kappa shape index (κ3) is 6.11. The van der Waals surface area contributed by atoms with Crippen LogP contribution in [0.25, 0.3) is 21.8 Å². The number of carbonyl (C=O) groups is 2. The molecule has 0 radical (unpaired) electrons. The summed E-state index contributed by atoms with van der Waals surface area (Å²) >= 11 is 0. The SMILES string of the molecule is Cc1c(F)c(F)c(N)c2c(=O)c(C(=O)O)cn([C@@H]3C[C@@H]3F)c12.Cc1c(N2C[C@H](C3(N)CC3)C(F)(F)C2)c(F)c(N)c2c(=O)c(C(=O)O)cn([C@@H]3C[C@@H]3F)c12.Cl. The summed E-state index contributed by atoms with van der Waals surface area (Å²) in [6, 6.07) is -1.47. The molecule has 20 heteroatoms. The first-order chi connectivity index (χ1) is 25.1. The van der Waals surface area contributed by atoms with E-state index in [1.165, 1.54) is 27.9 Å². The van der Waals surface area contributed by atoms with E-state index in [4.69, 9.17) is 22.3 Å². The van der Waals surface area contributed by atoms with Crippen molar-refractivity contribution in [3.05, 3.63) is 72.5 Å². The zero-order valence-corrected chi connectivity index (χ0v) is 29.8. The van der Waals surface area contributed by atoms with Gasteiger partial charge >= 0.3 is 11.9 Å². The number of hydrogen-bond donors (Lipinski definition) is 5. The van der Waals surface area contributed by atoms with Crippen LogP contribution in [-0.2, 0) is 0 Å². The van der Waals surface area contributed by atoms with Crippen LogP contribution in [0.4, 0.5) is 47.8 Å². The molecule has 55 heavy (non-hydrogen) atoms. The number of rotatable bonds is 6. The molecule has 0 amide bonds. The van der Waals surface area contributed by atoms with Gasteiger partial charge in [-0.05, 0) is 32.3 Å². The molecule has 1 aliphatic heterocycles. The molecule has 8 N–H and O–H groups in total. The van der Waals surface area contributed by atoms with E-state index in [2.05, 4.69) is 0 Å². The minimum atomic E-state index is -3.15. The van der Waals surface area contributed by atoms with Crippen molar-refractivity contribution in [2.75, 3.05) is 29.5 Å². The molecule has 4 aliphatic rings. The monoisotopic (exact) mass is 802 g/mol. The summed E-state index contributed by atoms with van der Waals surface area (Å²) in [5, 5.41) is 17.7. The number of nitrogen functional groups attached to an aromatic ring is 2. The van der Waals surface area contributed by atoms with Crippen LogP contribution in [0, 0.1) is 37.2 Å². The Labute approximate surface area is 311 Å². The highest BCUT2D eigenvalue weighted by atomic mass is 35.5. The highest BCUT2D eigenvalue weighted by Gasteiger charge is 2.61. The molecule has 1 saturated heterocycles. The fourth-order valence-electron chi connectivity index (χ4n) is 7.67. The van der Waals surface area contributed by atoms with Crippen LogP contribution in [0.5, 0.6) is 0 Å². The molecule has 4 aromatic rings. The lowest BCUT2D eigenvalue weighted by molar-refractivity contribution is -0.0332. The molecule has 0 bridgehead atoms. The van der Waals surface area contributed by atoms with Gasteiger partial charge in [-0.3, -0.25) is 9.59 Å². The Morgan fingerprint density at radius 1 is 0.782 bits per heavy atom. The van der Waals surface area contributed by atoms with Crippen molar-refractivity contribution in [1.82, 2.24) is 9.13 Å². The predicted octanol–water partition coefficient (Wildman–Crippen LogP) is 5.15. The number of nitrogens with two attached hydrogens (primary N) is 3. The number of alkyl halides is 4. The minimum Gasteiger partial charge on any atom is -0.477 e. The average Bonchev–Trinajstić information content (AvgIpc) is 4.06. The second-order valence-electron chi connectivity index (χ2n) is 14.5. The topological polar surface area (TPSA) is 200 Å². The Morgan fingerprint density at radius 2 is 1.20 bits per heavy atom. The number of halogens is 8. The summed E-state index contributed by atoms with van der Waals surface area (Å²) in [6.07, 6.45) is 0.578. The number of carboxylic acids is 2. The smallest absolute Gasteiger partial charge is 0.341 e. The number of hydrogen-bond acceptors (Lipinski definition) is 8. The Bertz CT molecular complexity index is 2470. The van der Waals surface area contributed by atoms with Crippen molar-refractivity contribution in [3.8, 4) is 0 Å². The fourth-order valence-corrected chi connectivity index (χ4v) is 7.67. The summed E-state index contributed by atoms with van der Waals surface area (Å²) in [6.45, 7) is 1.70. The number of benzene rings is 2. The Morgan fingerprint density at radius 3 is 1.60 bits per heavy atom. The van der Waals surface area contributed by atoms with Gasteiger partial charge in [0.25, 0.3) is 5.92 Å². The quantitative estimate of drug-likeness (QED) is 0.128. The number of fused-ring (bicyclic) bond motifs is 2. The van der Waals surface area contributed by atoms with Gasteiger partial charge in [0.15, 0.2) is 17.5 Å². The molecule has 296 valence electrons. The lowest BCUT2D eigenvalue weighted by Gasteiger charge is -2.25. The van der Waals surface area contributed by atoms with E-state index < -0.39 is 116 Å². The van der Waals surface area contributed by atoms with Gasteiger partial charge in [-0.2, -0.15) is 0 Å². The highest BCUT2D eigenvalue weighted by molar-refractivity contribution is 6.02. The van der Waals surface area contributed by atoms with Gasteiger partial charge in [-0.15, -0.1) is 12.4 Å². The summed E-state index contributed by atoms with van der Waals surface area (Å²) in [5.74, 6) is -11.1. The maximum Gasteiger partial charge on any atom is 0.341 e. The first-order valence-corrected chi connectivity index (χ1v) is 16.8. The number of pyridine rings is 2. The van der Waals surface area contributed by atoms with Crippen LogP contribution >= 0.6 is 12.4 Å². The molecule has 3 aliphatic carbocycles. The van der Waals surface area contributed by atoms with Gasteiger partial charge in [0.05, 0.1) is 63.4 Å². The molecule has 3 heterocycles. The van der Waals surface area contributed by atoms with Gasteiger partial charge in [0.2, 0.25) is 10.9 Å². The normalized spacial score (nSPS) is 24.3. The lowest BCUT2D eigenvalue weighted by Crippen LogP contribution is -2.43. The largest absolute Gasteiger partial charge is 0.477 e. The minimum absolute atomic E-state index is 0. The average molecular weight is 803 g/mol. The van der Waals surface area contributed by atoms with Crippen LogP contribution in [0.15, 0.2) is 22.0 Å². The van der Waals surface area contributed by atoms with Crippen LogP contribution < -0.4 is 33.0 Å². The zero-order valence-electron chi connectivity index (χ0n) is 28.9. The summed E-state index contributed by atoms with van der Waals surface area (Å²) in [7, 11) is 0. The molecule has 5 atom stereocenters. The Kier molecular flexibility index (Phi) is 9.39. The highest BCUT2D eigenvalue weighted by Crippen LogP contribution is 2.52. The molecule has 4 fully saturated rings. The Hall–Kier alpha value is -5.04. The van der Waals surface area contributed by atoms with E-state index in [0.29, 0.717) is 12.8 Å². The number of aromatic nitrogens is 2. The second kappa shape index (κ2) is 13.0. The number of carboxylic acid groups (broad SMARTS) is 2. The van der Waals surface area contributed by atoms with Crippen LogP contribution in [0.2, 0.25) is 0 Å². The van der Waals surface area contributed by atoms with Crippen molar-refractivity contribution in [3.63, 3.8) is 0 Å². The number of aromatic carboxylic acids is 2. The zero-order chi connectivity index (χ0) is 39.7. The second-order valence-corrected chi connectivity index (χ2v) is 14.5. The van der Waals surface area contributed by atoms with Gasteiger partial charge in [-0.1, -0.05) is 0 Å². The first kappa shape index (κ1) is 39.6. The number of anilines is 3. The van der Waals surface area contributed by atoms with Crippen LogP contribution in [0.1, 0.15) is 69.6 Å².